The van der Waals surface area contributed by atoms with E-state index in [2.05, 4.69) is 31.3 Å². The maximum absolute atomic E-state index is 9.06. The molecule has 0 aliphatic heterocycles. The highest BCUT2D eigenvalue weighted by molar-refractivity contribution is 5.44. The first kappa shape index (κ1) is 27.8. The van der Waals surface area contributed by atoms with Gasteiger partial charge in [0.1, 0.15) is 5.75 Å². The summed E-state index contributed by atoms with van der Waals surface area (Å²) in [5, 5.41) is 2.25. The molecule has 3 nitrogen and oxygen atoms in total. The summed E-state index contributed by atoms with van der Waals surface area (Å²) in [7, 11) is 3.27. The standard InChI is InChI=1S/C10H14O.C2H5NO.3C2H6/c1-4-9-7-8(2)5-6-10(9)11-3;1-3-2-4;3*1-2/h5-7H,4H2,1-3H3;2H,1H3,(H,3,4);3*1-2H3. The van der Waals surface area contributed by atoms with Gasteiger partial charge in [0, 0.05) is 7.05 Å². The highest BCUT2D eigenvalue weighted by atomic mass is 16.5. The highest BCUT2D eigenvalue weighted by Gasteiger charge is 1.98. The van der Waals surface area contributed by atoms with Crippen molar-refractivity contribution in [3.05, 3.63) is 29.3 Å². The van der Waals surface area contributed by atoms with E-state index < -0.39 is 0 Å². The molecule has 126 valence electrons. The Morgan fingerprint density at radius 3 is 1.81 bits per heavy atom. The first-order valence-corrected chi connectivity index (χ1v) is 7.94. The molecule has 0 aliphatic carbocycles. The zero-order valence-electron chi connectivity index (χ0n) is 15.8. The number of nitrogens with one attached hydrogen (secondary N) is 1. The number of carbonyl (C=O) groups is 1. The normalized spacial score (nSPS) is 6.95. The zero-order valence-corrected chi connectivity index (χ0v) is 15.8. The Balaban J connectivity index is -0.000000122. The molecule has 21 heavy (non-hydrogen) atoms. The second-order valence-corrected chi connectivity index (χ2v) is 3.08. The number of benzene rings is 1. The SMILES string of the molecule is CC.CC.CC.CCc1cc(C)ccc1OC.CNC=O. The number of carbonyl (C=O) groups excluding carboxylic acids is 1. The minimum absolute atomic E-state index is 0.625. The third-order valence-electron chi connectivity index (χ3n) is 1.93. The van der Waals surface area contributed by atoms with Crippen LogP contribution in [0.1, 0.15) is 59.6 Å². The van der Waals surface area contributed by atoms with Gasteiger partial charge in [0.2, 0.25) is 6.41 Å². The summed E-state index contributed by atoms with van der Waals surface area (Å²) in [6, 6.07) is 6.25. The van der Waals surface area contributed by atoms with Crippen LogP contribution in [0, 0.1) is 6.92 Å². The Bertz CT molecular complexity index is 299. The number of methoxy groups -OCH3 is 1. The Morgan fingerprint density at radius 2 is 1.52 bits per heavy atom. The average molecular weight is 299 g/mol. The monoisotopic (exact) mass is 299 g/mol. The van der Waals surface area contributed by atoms with Crippen LogP contribution in [0.2, 0.25) is 0 Å². The van der Waals surface area contributed by atoms with Crippen LogP contribution in [0.3, 0.4) is 0 Å². The van der Waals surface area contributed by atoms with Gasteiger partial charge in [0.15, 0.2) is 0 Å². The van der Waals surface area contributed by atoms with Gasteiger partial charge in [-0.3, -0.25) is 4.79 Å². The fourth-order valence-corrected chi connectivity index (χ4v) is 1.18. The third-order valence-corrected chi connectivity index (χ3v) is 1.93. The molecule has 3 heteroatoms. The van der Waals surface area contributed by atoms with Gasteiger partial charge in [-0.15, -0.1) is 0 Å². The maximum atomic E-state index is 9.06. The molecular formula is C18H37NO2. The van der Waals surface area contributed by atoms with Gasteiger partial charge in [0.05, 0.1) is 7.11 Å². The molecule has 0 aliphatic rings. The summed E-state index contributed by atoms with van der Waals surface area (Å²) in [6.45, 7) is 16.2. The lowest BCUT2D eigenvalue weighted by atomic mass is 10.1. The summed E-state index contributed by atoms with van der Waals surface area (Å²) in [4.78, 5) is 9.06. The van der Waals surface area contributed by atoms with E-state index in [9.17, 15) is 0 Å². The molecule has 0 radical (unpaired) electrons. The van der Waals surface area contributed by atoms with E-state index in [0.717, 1.165) is 12.2 Å². The lowest BCUT2D eigenvalue weighted by Crippen LogP contribution is -1.98. The van der Waals surface area contributed by atoms with Crippen LogP contribution in [0.5, 0.6) is 5.75 Å². The molecule has 1 rings (SSSR count). The van der Waals surface area contributed by atoms with Crippen molar-refractivity contribution < 1.29 is 9.53 Å². The smallest absolute Gasteiger partial charge is 0.206 e. The average Bonchev–Trinajstić information content (AvgIpc) is 2.60. The molecule has 0 bridgehead atoms. The van der Waals surface area contributed by atoms with E-state index in [1.54, 1.807) is 14.2 Å². The van der Waals surface area contributed by atoms with Crippen molar-refractivity contribution in [1.29, 1.82) is 0 Å². The summed E-state index contributed by atoms with van der Waals surface area (Å²) >= 11 is 0. The van der Waals surface area contributed by atoms with Gasteiger partial charge in [-0.2, -0.15) is 0 Å². The Morgan fingerprint density at radius 1 is 1.10 bits per heavy atom. The molecule has 0 fully saturated rings. The number of ether oxygens (including phenoxy) is 1. The molecule has 0 saturated heterocycles. The van der Waals surface area contributed by atoms with Crippen LogP contribution in [0.25, 0.3) is 0 Å². The Hall–Kier alpha value is -1.51. The van der Waals surface area contributed by atoms with Gasteiger partial charge < -0.3 is 10.1 Å². The lowest BCUT2D eigenvalue weighted by molar-refractivity contribution is -0.109. The van der Waals surface area contributed by atoms with Crippen LogP contribution in [0.4, 0.5) is 0 Å². The number of amides is 1. The predicted molar refractivity (Wildman–Crippen MR) is 96.3 cm³/mol. The molecule has 0 saturated carbocycles. The Labute approximate surface area is 133 Å². The largest absolute Gasteiger partial charge is 0.496 e. The van der Waals surface area contributed by atoms with Crippen molar-refractivity contribution in [3.8, 4) is 5.75 Å². The van der Waals surface area contributed by atoms with Crippen LogP contribution in [0.15, 0.2) is 18.2 Å². The molecule has 1 amide bonds. The second-order valence-electron chi connectivity index (χ2n) is 3.08. The fourth-order valence-electron chi connectivity index (χ4n) is 1.18. The van der Waals surface area contributed by atoms with E-state index in [4.69, 9.17) is 9.53 Å². The fraction of sp³-hybridized carbons (Fsp3) is 0.611. The van der Waals surface area contributed by atoms with E-state index in [-0.39, 0.29) is 0 Å². The third kappa shape index (κ3) is 18.5. The first-order chi connectivity index (χ1) is 10.2. The number of aryl methyl sites for hydroxylation is 2. The number of rotatable bonds is 3. The molecule has 0 heterocycles. The van der Waals surface area contributed by atoms with Crippen LogP contribution in [-0.4, -0.2) is 20.6 Å². The van der Waals surface area contributed by atoms with E-state index in [0.29, 0.717) is 6.41 Å². The molecular weight excluding hydrogens is 262 g/mol. The summed E-state index contributed by atoms with van der Waals surface area (Å²) in [5.74, 6) is 0.998. The molecule has 0 spiro atoms. The number of hydrogen-bond donors (Lipinski definition) is 1. The minimum atomic E-state index is 0.625. The van der Waals surface area contributed by atoms with Crippen LogP contribution < -0.4 is 10.1 Å². The predicted octanol–water partition coefficient (Wildman–Crippen LogP) is 5.01. The maximum Gasteiger partial charge on any atom is 0.206 e. The molecule has 1 aromatic carbocycles. The van der Waals surface area contributed by atoms with Crippen LogP contribution in [-0.2, 0) is 11.2 Å². The summed E-state index contributed by atoms with van der Waals surface area (Å²) in [6.07, 6.45) is 1.66. The molecule has 0 unspecified atom stereocenters. The summed E-state index contributed by atoms with van der Waals surface area (Å²) in [5.41, 5.74) is 2.58. The first-order valence-electron chi connectivity index (χ1n) is 7.94. The van der Waals surface area contributed by atoms with E-state index >= 15 is 0 Å². The van der Waals surface area contributed by atoms with Crippen molar-refractivity contribution in [2.24, 2.45) is 0 Å². The minimum Gasteiger partial charge on any atom is -0.496 e. The van der Waals surface area contributed by atoms with Crippen molar-refractivity contribution in [3.63, 3.8) is 0 Å². The van der Waals surface area contributed by atoms with Gasteiger partial charge in [0.25, 0.3) is 0 Å². The molecule has 0 atom stereocenters. The zero-order chi connectivity index (χ0) is 17.7. The topological polar surface area (TPSA) is 38.3 Å². The van der Waals surface area contributed by atoms with Crippen molar-refractivity contribution in [2.75, 3.05) is 14.2 Å². The second kappa shape index (κ2) is 26.9. The molecule has 1 N–H and O–H groups in total. The highest BCUT2D eigenvalue weighted by Crippen LogP contribution is 2.19. The Kier molecular flexibility index (Phi) is 35.6. The van der Waals surface area contributed by atoms with Crippen molar-refractivity contribution >= 4 is 6.41 Å². The van der Waals surface area contributed by atoms with Gasteiger partial charge in [-0.25, -0.2) is 0 Å². The molecule has 0 aromatic heterocycles. The summed E-state index contributed by atoms with van der Waals surface area (Å²) < 4.78 is 5.19. The van der Waals surface area contributed by atoms with E-state index in [1.807, 2.05) is 47.6 Å². The lowest BCUT2D eigenvalue weighted by Gasteiger charge is -2.06. The van der Waals surface area contributed by atoms with Gasteiger partial charge in [-0.1, -0.05) is 66.2 Å². The van der Waals surface area contributed by atoms with Gasteiger partial charge in [-0.05, 0) is 25.0 Å². The van der Waals surface area contributed by atoms with E-state index in [1.165, 1.54) is 11.1 Å². The quantitative estimate of drug-likeness (QED) is 0.797. The van der Waals surface area contributed by atoms with Gasteiger partial charge >= 0.3 is 0 Å². The molecule has 1 aromatic rings. The number of hydrogen-bond acceptors (Lipinski definition) is 2. The van der Waals surface area contributed by atoms with Crippen molar-refractivity contribution in [2.45, 2.75) is 61.8 Å². The van der Waals surface area contributed by atoms with Crippen LogP contribution >= 0.6 is 0 Å². The van der Waals surface area contributed by atoms with Crippen molar-refractivity contribution in [1.82, 2.24) is 5.32 Å².